The van der Waals surface area contributed by atoms with E-state index in [2.05, 4.69) is 5.32 Å². The van der Waals surface area contributed by atoms with Crippen LogP contribution in [0.2, 0.25) is 0 Å². The molecule has 0 heterocycles. The number of rotatable bonds is 6. The van der Waals surface area contributed by atoms with E-state index < -0.39 is 0 Å². The minimum atomic E-state index is -0.172. The predicted molar refractivity (Wildman–Crippen MR) is 68.6 cm³/mol. The molecule has 1 aromatic carbocycles. The Bertz CT molecular complexity index is 352. The van der Waals surface area contributed by atoms with Gasteiger partial charge in [0.15, 0.2) is 0 Å². The number of hydrogen-bond acceptors (Lipinski definition) is 2. The summed E-state index contributed by atoms with van der Waals surface area (Å²) < 4.78 is 19.3. The molecule has 1 rings (SSSR count). The van der Waals surface area contributed by atoms with Gasteiger partial charge in [-0.25, -0.2) is 4.39 Å². The van der Waals surface area contributed by atoms with Crippen molar-refractivity contribution in [3.63, 3.8) is 0 Å². The van der Waals surface area contributed by atoms with Gasteiger partial charge in [0.05, 0.1) is 18.8 Å². The van der Waals surface area contributed by atoms with E-state index in [9.17, 15) is 4.39 Å². The van der Waals surface area contributed by atoms with Gasteiger partial charge in [-0.05, 0) is 33.4 Å². The zero-order valence-corrected chi connectivity index (χ0v) is 11.1. The topological polar surface area (TPSA) is 21.3 Å². The second-order valence-corrected chi connectivity index (χ2v) is 4.52. The Hall–Kier alpha value is -0.930. The van der Waals surface area contributed by atoms with E-state index >= 15 is 0 Å². The molecule has 0 aromatic heterocycles. The first-order chi connectivity index (χ1) is 8.04. The highest BCUT2D eigenvalue weighted by molar-refractivity contribution is 5.27. The van der Waals surface area contributed by atoms with Gasteiger partial charge in [-0.15, -0.1) is 0 Å². The Labute approximate surface area is 103 Å². The van der Waals surface area contributed by atoms with Crippen LogP contribution in [-0.4, -0.2) is 19.3 Å². The largest absolute Gasteiger partial charge is 0.377 e. The van der Waals surface area contributed by atoms with E-state index in [0.29, 0.717) is 12.2 Å². The fourth-order valence-electron chi connectivity index (χ4n) is 1.72. The van der Waals surface area contributed by atoms with Gasteiger partial charge in [-0.1, -0.05) is 24.6 Å². The molecule has 0 amide bonds. The van der Waals surface area contributed by atoms with Crippen LogP contribution in [0.25, 0.3) is 0 Å². The molecular weight excluding hydrogens is 217 g/mol. The maximum Gasteiger partial charge on any atom is 0.128 e. The smallest absolute Gasteiger partial charge is 0.128 e. The molecule has 3 heteroatoms. The van der Waals surface area contributed by atoms with Crippen molar-refractivity contribution in [1.82, 2.24) is 5.32 Å². The Morgan fingerprint density at radius 3 is 2.65 bits per heavy atom. The first kappa shape index (κ1) is 14.1. The lowest BCUT2D eigenvalue weighted by molar-refractivity contribution is 0.0607. The molecule has 1 aromatic rings. The zero-order valence-electron chi connectivity index (χ0n) is 11.1. The third-order valence-electron chi connectivity index (χ3n) is 2.57. The summed E-state index contributed by atoms with van der Waals surface area (Å²) >= 11 is 0. The summed E-state index contributed by atoms with van der Waals surface area (Å²) in [5, 5.41) is 3.26. The first-order valence-corrected chi connectivity index (χ1v) is 6.15. The molecule has 0 fully saturated rings. The van der Waals surface area contributed by atoms with E-state index in [-0.39, 0.29) is 18.0 Å². The summed E-state index contributed by atoms with van der Waals surface area (Å²) in [4.78, 5) is 0. The number of halogens is 1. The second-order valence-electron chi connectivity index (χ2n) is 4.52. The summed E-state index contributed by atoms with van der Waals surface area (Å²) in [7, 11) is 0. The summed E-state index contributed by atoms with van der Waals surface area (Å²) in [5.74, 6) is -0.172. The van der Waals surface area contributed by atoms with Gasteiger partial charge in [0.25, 0.3) is 0 Å². The third-order valence-corrected chi connectivity index (χ3v) is 2.57. The molecule has 0 spiro atoms. The average Bonchev–Trinajstić information content (AvgIpc) is 2.27. The average molecular weight is 239 g/mol. The quantitative estimate of drug-likeness (QED) is 0.823. The van der Waals surface area contributed by atoms with Crippen molar-refractivity contribution < 1.29 is 9.13 Å². The molecule has 17 heavy (non-hydrogen) atoms. The van der Waals surface area contributed by atoms with Crippen LogP contribution in [-0.2, 0) is 4.74 Å². The van der Waals surface area contributed by atoms with Crippen LogP contribution in [0.15, 0.2) is 18.2 Å². The van der Waals surface area contributed by atoms with Crippen molar-refractivity contribution in [2.45, 2.75) is 39.8 Å². The minimum Gasteiger partial charge on any atom is -0.377 e. The monoisotopic (exact) mass is 239 g/mol. The maximum atomic E-state index is 13.8. The number of ether oxygens (including phenoxy) is 1. The highest BCUT2D eigenvalue weighted by Crippen LogP contribution is 2.19. The molecule has 96 valence electrons. The van der Waals surface area contributed by atoms with E-state index in [0.717, 1.165) is 12.1 Å². The van der Waals surface area contributed by atoms with E-state index in [4.69, 9.17) is 4.74 Å². The molecule has 1 unspecified atom stereocenters. The number of likely N-dealkylation sites (N-methyl/N-ethyl adjacent to an activating group) is 1. The third kappa shape index (κ3) is 4.44. The van der Waals surface area contributed by atoms with Crippen LogP contribution in [0.1, 0.15) is 37.9 Å². The van der Waals surface area contributed by atoms with E-state index in [1.165, 1.54) is 6.07 Å². The Morgan fingerprint density at radius 2 is 2.06 bits per heavy atom. The van der Waals surface area contributed by atoms with Crippen LogP contribution in [0.5, 0.6) is 0 Å². The standard InChI is InChI=1S/C14H22FNO/c1-5-16-14(9-17-10(2)3)12-8-11(4)6-7-13(12)15/h6-8,10,14,16H,5,9H2,1-4H3. The van der Waals surface area contributed by atoms with E-state index in [1.54, 1.807) is 6.07 Å². The fraction of sp³-hybridized carbons (Fsp3) is 0.571. The zero-order chi connectivity index (χ0) is 12.8. The second kappa shape index (κ2) is 6.72. The molecule has 1 N–H and O–H groups in total. The maximum absolute atomic E-state index is 13.8. The van der Waals surface area contributed by atoms with Crippen molar-refractivity contribution in [2.24, 2.45) is 0 Å². The lowest BCUT2D eigenvalue weighted by Crippen LogP contribution is -2.27. The Balaban J connectivity index is 2.84. The molecule has 0 saturated heterocycles. The van der Waals surface area contributed by atoms with Crippen LogP contribution < -0.4 is 5.32 Å². The molecule has 0 saturated carbocycles. The molecule has 0 aliphatic carbocycles. The summed E-state index contributed by atoms with van der Waals surface area (Å²) in [6, 6.07) is 5.10. The molecular formula is C14H22FNO. The van der Waals surface area contributed by atoms with Crippen molar-refractivity contribution in [1.29, 1.82) is 0 Å². The van der Waals surface area contributed by atoms with E-state index in [1.807, 2.05) is 33.8 Å². The van der Waals surface area contributed by atoms with Gasteiger partial charge in [-0.2, -0.15) is 0 Å². The highest BCUT2D eigenvalue weighted by Gasteiger charge is 2.15. The number of hydrogen-bond donors (Lipinski definition) is 1. The number of aryl methyl sites for hydroxylation is 1. The van der Waals surface area contributed by atoms with Gasteiger partial charge in [0.1, 0.15) is 5.82 Å². The first-order valence-electron chi connectivity index (χ1n) is 6.15. The van der Waals surface area contributed by atoms with Crippen molar-refractivity contribution >= 4 is 0 Å². The molecule has 0 bridgehead atoms. The van der Waals surface area contributed by atoms with Crippen molar-refractivity contribution in [3.8, 4) is 0 Å². The normalized spacial score (nSPS) is 13.1. The van der Waals surface area contributed by atoms with Crippen molar-refractivity contribution in [3.05, 3.63) is 35.1 Å². The number of benzene rings is 1. The Kier molecular flexibility index (Phi) is 5.59. The van der Waals surface area contributed by atoms with Gasteiger partial charge in [0, 0.05) is 5.56 Å². The predicted octanol–water partition coefficient (Wildman–Crippen LogP) is 3.21. The lowest BCUT2D eigenvalue weighted by atomic mass is 10.0. The molecule has 0 aliphatic heterocycles. The fourth-order valence-corrected chi connectivity index (χ4v) is 1.72. The summed E-state index contributed by atoms with van der Waals surface area (Å²) in [6.07, 6.45) is 0.157. The van der Waals surface area contributed by atoms with Gasteiger partial charge < -0.3 is 10.1 Å². The summed E-state index contributed by atoms with van der Waals surface area (Å²) in [5.41, 5.74) is 1.75. The van der Waals surface area contributed by atoms with Gasteiger partial charge >= 0.3 is 0 Å². The van der Waals surface area contributed by atoms with Gasteiger partial charge in [0.2, 0.25) is 0 Å². The molecule has 0 radical (unpaired) electrons. The van der Waals surface area contributed by atoms with Crippen molar-refractivity contribution in [2.75, 3.05) is 13.2 Å². The van der Waals surface area contributed by atoms with Crippen LogP contribution in [0, 0.1) is 12.7 Å². The highest BCUT2D eigenvalue weighted by atomic mass is 19.1. The Morgan fingerprint density at radius 1 is 1.35 bits per heavy atom. The SMILES string of the molecule is CCNC(COC(C)C)c1cc(C)ccc1F. The number of nitrogens with one attached hydrogen (secondary N) is 1. The molecule has 1 atom stereocenters. The lowest BCUT2D eigenvalue weighted by Gasteiger charge is -2.20. The van der Waals surface area contributed by atoms with Crippen LogP contribution >= 0.6 is 0 Å². The molecule has 2 nitrogen and oxygen atoms in total. The summed E-state index contributed by atoms with van der Waals surface area (Å²) in [6.45, 7) is 9.22. The molecule has 0 aliphatic rings. The van der Waals surface area contributed by atoms with Crippen LogP contribution in [0.4, 0.5) is 4.39 Å². The van der Waals surface area contributed by atoms with Gasteiger partial charge in [-0.3, -0.25) is 0 Å². The van der Waals surface area contributed by atoms with Crippen LogP contribution in [0.3, 0.4) is 0 Å². The minimum absolute atomic E-state index is 0.0812.